The molecule has 0 spiro atoms. The van der Waals surface area contributed by atoms with Crippen LogP contribution in [0, 0.1) is 0 Å². The summed E-state index contributed by atoms with van der Waals surface area (Å²) in [7, 11) is 0. The zero-order valence-electron chi connectivity index (χ0n) is 15.0. The van der Waals surface area contributed by atoms with Crippen molar-refractivity contribution in [2.75, 3.05) is 13.2 Å². The van der Waals surface area contributed by atoms with Gasteiger partial charge in [0.2, 0.25) is 0 Å². The summed E-state index contributed by atoms with van der Waals surface area (Å²) in [5, 5.41) is 12.2. The van der Waals surface area contributed by atoms with Gasteiger partial charge in [-0.25, -0.2) is 0 Å². The van der Waals surface area contributed by atoms with Crippen LogP contribution in [0.25, 0.3) is 16.6 Å². The predicted molar refractivity (Wildman–Crippen MR) is 107 cm³/mol. The van der Waals surface area contributed by atoms with E-state index in [4.69, 9.17) is 16.3 Å². The summed E-state index contributed by atoms with van der Waals surface area (Å²) >= 11 is 6.19. The van der Waals surface area contributed by atoms with E-state index in [9.17, 15) is 4.79 Å². The highest BCUT2D eigenvalue weighted by Gasteiger charge is 2.09. The second kappa shape index (κ2) is 8.14. The number of carbonyl (C=O) groups is 1. The van der Waals surface area contributed by atoms with Gasteiger partial charge in [-0.3, -0.25) is 9.36 Å². The Morgan fingerprint density at radius 3 is 2.75 bits per heavy atom. The lowest BCUT2D eigenvalue weighted by Gasteiger charge is -2.12. The smallest absolute Gasteiger partial charge is 0.258 e. The number of nitrogens with one attached hydrogen (secondary N) is 1. The number of benzene rings is 2. The van der Waals surface area contributed by atoms with Gasteiger partial charge in [0.25, 0.3) is 5.91 Å². The van der Waals surface area contributed by atoms with Crippen molar-refractivity contribution >= 4 is 28.4 Å². The van der Waals surface area contributed by atoms with E-state index < -0.39 is 0 Å². The second-order valence-corrected chi connectivity index (χ2v) is 6.56. The lowest BCUT2D eigenvalue weighted by molar-refractivity contribution is -0.123. The third kappa shape index (κ3) is 3.84. The van der Waals surface area contributed by atoms with E-state index in [-0.39, 0.29) is 12.5 Å². The van der Waals surface area contributed by atoms with E-state index in [0.29, 0.717) is 18.8 Å². The van der Waals surface area contributed by atoms with Crippen LogP contribution in [0.2, 0.25) is 5.02 Å². The Bertz CT molecular complexity index is 1090. The number of fused-ring (bicyclic) bond motifs is 1. The Kier molecular flexibility index (Phi) is 5.25. The van der Waals surface area contributed by atoms with Gasteiger partial charge in [-0.2, -0.15) is 0 Å². The Labute approximate surface area is 166 Å². The molecule has 0 radical (unpaired) electrons. The minimum atomic E-state index is -0.187. The number of carbonyl (C=O) groups excluding carboxylic acids is 1. The SMILES string of the molecule is O=C(COc1ccccc1-n1cnnc1)NCCn1ccc2c(Cl)cccc21. The molecule has 4 aromatic rings. The third-order valence-electron chi connectivity index (χ3n) is 4.36. The Balaban J connectivity index is 1.32. The highest BCUT2D eigenvalue weighted by atomic mass is 35.5. The van der Waals surface area contributed by atoms with Crippen LogP contribution in [0.3, 0.4) is 0 Å². The molecule has 0 unspecified atom stereocenters. The molecule has 7 nitrogen and oxygen atoms in total. The number of nitrogens with zero attached hydrogens (tertiary/aromatic N) is 4. The average molecular weight is 396 g/mol. The first-order chi connectivity index (χ1) is 13.7. The number of aromatic nitrogens is 4. The molecule has 0 atom stereocenters. The zero-order valence-corrected chi connectivity index (χ0v) is 15.7. The maximum atomic E-state index is 12.2. The van der Waals surface area contributed by atoms with Crippen molar-refractivity contribution in [3.8, 4) is 11.4 Å². The van der Waals surface area contributed by atoms with Gasteiger partial charge < -0.3 is 14.6 Å². The highest BCUT2D eigenvalue weighted by molar-refractivity contribution is 6.35. The molecule has 0 fully saturated rings. The number of hydrogen-bond acceptors (Lipinski definition) is 4. The van der Waals surface area contributed by atoms with Crippen molar-refractivity contribution in [1.82, 2.24) is 24.6 Å². The summed E-state index contributed by atoms with van der Waals surface area (Å²) in [6.45, 7) is 1.07. The maximum absolute atomic E-state index is 12.2. The van der Waals surface area contributed by atoms with Gasteiger partial charge in [-0.15, -0.1) is 10.2 Å². The van der Waals surface area contributed by atoms with Gasteiger partial charge in [-0.1, -0.05) is 29.8 Å². The molecule has 0 aliphatic heterocycles. The summed E-state index contributed by atoms with van der Waals surface area (Å²) in [4.78, 5) is 12.2. The van der Waals surface area contributed by atoms with Gasteiger partial charge in [0.15, 0.2) is 6.61 Å². The normalized spacial score (nSPS) is 10.9. The third-order valence-corrected chi connectivity index (χ3v) is 4.69. The molecular formula is C20H18ClN5O2. The van der Waals surface area contributed by atoms with E-state index >= 15 is 0 Å². The molecule has 0 aliphatic rings. The summed E-state index contributed by atoms with van der Waals surface area (Å²) in [5.74, 6) is 0.400. The second-order valence-electron chi connectivity index (χ2n) is 6.16. The first-order valence-corrected chi connectivity index (χ1v) is 9.17. The summed E-state index contributed by atoms with van der Waals surface area (Å²) in [6, 6.07) is 15.2. The summed E-state index contributed by atoms with van der Waals surface area (Å²) < 4.78 is 9.47. The lowest BCUT2D eigenvalue weighted by Crippen LogP contribution is -2.31. The van der Waals surface area contributed by atoms with Gasteiger partial charge >= 0.3 is 0 Å². The van der Waals surface area contributed by atoms with E-state index in [1.54, 1.807) is 23.3 Å². The molecule has 2 aromatic heterocycles. The van der Waals surface area contributed by atoms with Crippen molar-refractivity contribution in [1.29, 1.82) is 0 Å². The average Bonchev–Trinajstić information content (AvgIpc) is 3.38. The molecule has 0 saturated heterocycles. The standard InChI is InChI=1S/C20H18ClN5O2/c21-16-4-3-6-17-15(16)8-10-25(17)11-9-22-20(27)12-28-19-7-2-1-5-18(19)26-13-23-24-14-26/h1-8,10,13-14H,9,11-12H2,(H,22,27). The molecule has 2 aromatic carbocycles. The number of ether oxygens (including phenoxy) is 1. The summed E-state index contributed by atoms with van der Waals surface area (Å²) in [6.07, 6.45) is 5.13. The number of halogens is 1. The molecule has 0 saturated carbocycles. The molecule has 4 rings (SSSR count). The molecule has 0 aliphatic carbocycles. The fourth-order valence-corrected chi connectivity index (χ4v) is 3.24. The topological polar surface area (TPSA) is 74.0 Å². The number of hydrogen-bond donors (Lipinski definition) is 1. The molecule has 1 amide bonds. The van der Waals surface area contributed by atoms with Crippen molar-refractivity contribution in [2.45, 2.75) is 6.54 Å². The van der Waals surface area contributed by atoms with Crippen LogP contribution in [0.4, 0.5) is 0 Å². The zero-order chi connectivity index (χ0) is 19.3. The van der Waals surface area contributed by atoms with Crippen LogP contribution in [-0.4, -0.2) is 38.4 Å². The fourth-order valence-electron chi connectivity index (χ4n) is 3.01. The lowest BCUT2D eigenvalue weighted by atomic mass is 10.2. The van der Waals surface area contributed by atoms with E-state index in [1.807, 2.05) is 48.7 Å². The van der Waals surface area contributed by atoms with Gasteiger partial charge in [-0.05, 0) is 30.3 Å². The van der Waals surface area contributed by atoms with E-state index in [1.165, 1.54) is 0 Å². The van der Waals surface area contributed by atoms with E-state index in [2.05, 4.69) is 20.1 Å². The largest absolute Gasteiger partial charge is 0.482 e. The van der Waals surface area contributed by atoms with Crippen molar-refractivity contribution in [3.63, 3.8) is 0 Å². The maximum Gasteiger partial charge on any atom is 0.258 e. The number of rotatable bonds is 7. The Morgan fingerprint density at radius 1 is 1.07 bits per heavy atom. The number of para-hydroxylation sites is 2. The van der Waals surface area contributed by atoms with E-state index in [0.717, 1.165) is 21.6 Å². The Morgan fingerprint density at radius 2 is 1.89 bits per heavy atom. The Hall–Kier alpha value is -3.32. The van der Waals surface area contributed by atoms with Crippen molar-refractivity contribution in [2.24, 2.45) is 0 Å². The van der Waals surface area contributed by atoms with Gasteiger partial charge in [0, 0.05) is 35.2 Å². The molecule has 1 N–H and O–H groups in total. The molecule has 8 heteroatoms. The highest BCUT2D eigenvalue weighted by Crippen LogP contribution is 2.24. The molecule has 142 valence electrons. The monoisotopic (exact) mass is 395 g/mol. The van der Waals surface area contributed by atoms with Crippen molar-refractivity contribution < 1.29 is 9.53 Å². The van der Waals surface area contributed by atoms with Gasteiger partial charge in [0.05, 0.1) is 5.69 Å². The minimum absolute atomic E-state index is 0.0720. The molecular weight excluding hydrogens is 378 g/mol. The van der Waals surface area contributed by atoms with Crippen molar-refractivity contribution in [3.05, 3.63) is 72.4 Å². The van der Waals surface area contributed by atoms with Gasteiger partial charge in [0.1, 0.15) is 18.4 Å². The first kappa shape index (κ1) is 18.1. The number of amides is 1. The van der Waals surface area contributed by atoms with Crippen LogP contribution in [0.1, 0.15) is 0 Å². The molecule has 0 bridgehead atoms. The molecule has 28 heavy (non-hydrogen) atoms. The fraction of sp³-hybridized carbons (Fsp3) is 0.150. The van der Waals surface area contributed by atoms with Crippen LogP contribution < -0.4 is 10.1 Å². The van der Waals surface area contributed by atoms with Crippen LogP contribution in [0.5, 0.6) is 5.75 Å². The van der Waals surface area contributed by atoms with Crippen LogP contribution in [-0.2, 0) is 11.3 Å². The van der Waals surface area contributed by atoms with Crippen LogP contribution in [0.15, 0.2) is 67.4 Å². The summed E-state index contributed by atoms with van der Waals surface area (Å²) in [5.41, 5.74) is 1.82. The predicted octanol–water partition coefficient (Wildman–Crippen LogP) is 3.07. The minimum Gasteiger partial charge on any atom is -0.482 e. The molecule has 2 heterocycles. The quantitative estimate of drug-likeness (QED) is 0.522. The van der Waals surface area contributed by atoms with Crippen LogP contribution >= 0.6 is 11.6 Å². The first-order valence-electron chi connectivity index (χ1n) is 8.79.